The Balaban J connectivity index is 2.15. The maximum absolute atomic E-state index is 10.5. The number of aryl methyl sites for hydroxylation is 2. The Bertz CT molecular complexity index is 408. The van der Waals surface area contributed by atoms with Crippen LogP contribution in [-0.4, -0.2) is 26.5 Å². The highest BCUT2D eigenvalue weighted by molar-refractivity contribution is 6.30. The lowest BCUT2D eigenvalue weighted by Gasteiger charge is -2.34. The van der Waals surface area contributed by atoms with Gasteiger partial charge in [0.15, 0.2) is 0 Å². The third-order valence-corrected chi connectivity index (χ3v) is 4.21. The molecule has 1 aliphatic rings. The van der Waals surface area contributed by atoms with Crippen molar-refractivity contribution in [3.63, 3.8) is 0 Å². The van der Waals surface area contributed by atoms with Gasteiger partial charge in [-0.2, -0.15) is 5.10 Å². The van der Waals surface area contributed by atoms with Crippen molar-refractivity contribution in [2.24, 2.45) is 12.8 Å². The zero-order valence-electron chi connectivity index (χ0n) is 10.4. The molecule has 0 saturated heterocycles. The fourth-order valence-electron chi connectivity index (χ4n) is 2.56. The van der Waals surface area contributed by atoms with Gasteiger partial charge in [-0.1, -0.05) is 11.6 Å². The summed E-state index contributed by atoms with van der Waals surface area (Å²) in [7, 11) is 1.82. The van der Waals surface area contributed by atoms with E-state index in [1.807, 2.05) is 14.0 Å². The first-order chi connectivity index (χ1) is 7.91. The monoisotopic (exact) mass is 257 g/mol. The molecule has 0 radical (unpaired) electrons. The molecule has 17 heavy (non-hydrogen) atoms. The summed E-state index contributed by atoms with van der Waals surface area (Å²) in [5.41, 5.74) is 7.07. The normalized spacial score (nSPS) is 29.6. The number of hydrogen-bond acceptors (Lipinski definition) is 3. The van der Waals surface area contributed by atoms with Crippen molar-refractivity contribution in [3.05, 3.63) is 16.4 Å². The molecule has 1 aromatic heterocycles. The highest BCUT2D eigenvalue weighted by atomic mass is 35.5. The summed E-state index contributed by atoms with van der Waals surface area (Å²) in [6, 6.07) is 0.237. The van der Waals surface area contributed by atoms with Crippen molar-refractivity contribution in [1.29, 1.82) is 0 Å². The van der Waals surface area contributed by atoms with Crippen molar-refractivity contribution in [2.45, 2.75) is 50.7 Å². The number of halogens is 1. The summed E-state index contributed by atoms with van der Waals surface area (Å²) in [5.74, 6) is 0. The summed E-state index contributed by atoms with van der Waals surface area (Å²) >= 11 is 6.19. The number of nitrogens with zero attached hydrogens (tertiary/aromatic N) is 2. The maximum atomic E-state index is 10.5. The molecule has 1 aromatic rings. The molecule has 0 aliphatic heterocycles. The molecular formula is C12H20ClN3O. The van der Waals surface area contributed by atoms with E-state index in [-0.39, 0.29) is 6.04 Å². The summed E-state index contributed by atoms with van der Waals surface area (Å²) in [4.78, 5) is 0. The van der Waals surface area contributed by atoms with E-state index in [1.165, 1.54) is 0 Å². The summed E-state index contributed by atoms with van der Waals surface area (Å²) < 4.78 is 1.66. The molecule has 2 rings (SSSR count). The van der Waals surface area contributed by atoms with Crippen LogP contribution in [0.3, 0.4) is 0 Å². The van der Waals surface area contributed by atoms with Crippen molar-refractivity contribution in [1.82, 2.24) is 9.78 Å². The number of hydrogen-bond donors (Lipinski definition) is 2. The van der Waals surface area contributed by atoms with Crippen LogP contribution in [0.5, 0.6) is 0 Å². The van der Waals surface area contributed by atoms with Crippen LogP contribution in [0.25, 0.3) is 0 Å². The van der Waals surface area contributed by atoms with Gasteiger partial charge in [0, 0.05) is 25.1 Å². The Morgan fingerprint density at radius 2 is 2.12 bits per heavy atom. The molecule has 0 spiro atoms. The molecule has 1 aliphatic carbocycles. The lowest BCUT2D eigenvalue weighted by Crippen LogP contribution is -2.40. The number of aromatic nitrogens is 2. The Labute approximate surface area is 107 Å². The van der Waals surface area contributed by atoms with E-state index in [1.54, 1.807) is 4.68 Å². The second-order valence-corrected chi connectivity index (χ2v) is 5.57. The van der Waals surface area contributed by atoms with E-state index in [2.05, 4.69) is 5.10 Å². The van der Waals surface area contributed by atoms with E-state index in [9.17, 15) is 5.11 Å². The fourth-order valence-corrected chi connectivity index (χ4v) is 2.80. The first kappa shape index (κ1) is 12.9. The van der Waals surface area contributed by atoms with Crippen LogP contribution in [0.15, 0.2) is 0 Å². The predicted octanol–water partition coefficient (Wildman–Crippen LogP) is 1.56. The minimum absolute atomic E-state index is 0.237. The Kier molecular flexibility index (Phi) is 3.48. The smallest absolute Gasteiger partial charge is 0.130 e. The van der Waals surface area contributed by atoms with Gasteiger partial charge in [-0.25, -0.2) is 0 Å². The van der Waals surface area contributed by atoms with Crippen LogP contribution < -0.4 is 5.73 Å². The molecular weight excluding hydrogens is 238 g/mol. The minimum atomic E-state index is -0.659. The predicted molar refractivity (Wildman–Crippen MR) is 68.1 cm³/mol. The van der Waals surface area contributed by atoms with E-state index in [4.69, 9.17) is 17.3 Å². The van der Waals surface area contributed by atoms with Gasteiger partial charge >= 0.3 is 0 Å². The van der Waals surface area contributed by atoms with Crippen LogP contribution in [-0.2, 0) is 13.5 Å². The molecule has 0 amide bonds. The van der Waals surface area contributed by atoms with Crippen LogP contribution in [0.1, 0.15) is 36.9 Å². The van der Waals surface area contributed by atoms with Crippen LogP contribution in [0.2, 0.25) is 5.15 Å². The van der Waals surface area contributed by atoms with E-state index >= 15 is 0 Å². The van der Waals surface area contributed by atoms with Crippen LogP contribution in [0.4, 0.5) is 0 Å². The number of rotatable bonds is 2. The molecule has 96 valence electrons. The van der Waals surface area contributed by atoms with E-state index in [0.717, 1.165) is 36.9 Å². The van der Waals surface area contributed by atoms with Crippen molar-refractivity contribution < 1.29 is 5.11 Å². The second-order valence-electron chi connectivity index (χ2n) is 5.22. The van der Waals surface area contributed by atoms with Gasteiger partial charge in [-0.3, -0.25) is 4.68 Å². The number of aliphatic hydroxyl groups is 1. The summed E-state index contributed by atoms with van der Waals surface area (Å²) in [6.45, 7) is 1.93. The number of nitrogens with two attached hydrogens (primary N) is 1. The maximum Gasteiger partial charge on any atom is 0.130 e. The van der Waals surface area contributed by atoms with Crippen LogP contribution >= 0.6 is 11.6 Å². The summed E-state index contributed by atoms with van der Waals surface area (Å²) in [5, 5.41) is 15.5. The van der Waals surface area contributed by atoms with Gasteiger partial charge in [0.25, 0.3) is 0 Å². The average molecular weight is 258 g/mol. The van der Waals surface area contributed by atoms with Gasteiger partial charge in [-0.15, -0.1) is 0 Å². The van der Waals surface area contributed by atoms with Gasteiger partial charge < -0.3 is 10.8 Å². The molecule has 5 heteroatoms. The average Bonchev–Trinajstić information content (AvgIpc) is 2.50. The lowest BCUT2D eigenvalue weighted by molar-refractivity contribution is 0.0000948. The van der Waals surface area contributed by atoms with Gasteiger partial charge in [0.1, 0.15) is 5.15 Å². The highest BCUT2D eigenvalue weighted by Crippen LogP contribution is 2.33. The van der Waals surface area contributed by atoms with Crippen molar-refractivity contribution >= 4 is 11.6 Å². The standard InChI is InChI=1S/C12H20ClN3O/c1-8-10(11(13)16(2)15-8)7-12(17)5-3-9(14)4-6-12/h9,17H,3-7,14H2,1-2H3. The van der Waals surface area contributed by atoms with Crippen molar-refractivity contribution in [2.75, 3.05) is 0 Å². The van der Waals surface area contributed by atoms with E-state index in [0.29, 0.717) is 11.6 Å². The molecule has 4 nitrogen and oxygen atoms in total. The first-order valence-corrected chi connectivity index (χ1v) is 6.45. The quantitative estimate of drug-likeness (QED) is 0.845. The van der Waals surface area contributed by atoms with Gasteiger partial charge in [0.2, 0.25) is 0 Å². The topological polar surface area (TPSA) is 64.1 Å². The Hall–Kier alpha value is -0.580. The largest absolute Gasteiger partial charge is 0.390 e. The summed E-state index contributed by atoms with van der Waals surface area (Å²) in [6.07, 6.45) is 3.84. The second kappa shape index (κ2) is 4.59. The molecule has 0 atom stereocenters. The third-order valence-electron chi connectivity index (χ3n) is 3.74. The van der Waals surface area contributed by atoms with Crippen molar-refractivity contribution in [3.8, 4) is 0 Å². The zero-order valence-corrected chi connectivity index (χ0v) is 11.2. The minimum Gasteiger partial charge on any atom is -0.390 e. The fraction of sp³-hybridized carbons (Fsp3) is 0.750. The molecule has 3 N–H and O–H groups in total. The molecule has 1 fully saturated rings. The molecule has 0 aromatic carbocycles. The SMILES string of the molecule is Cc1nn(C)c(Cl)c1CC1(O)CCC(N)CC1. The lowest BCUT2D eigenvalue weighted by atomic mass is 9.79. The van der Waals surface area contributed by atoms with Crippen LogP contribution in [0, 0.1) is 6.92 Å². The molecule has 0 unspecified atom stereocenters. The molecule has 1 heterocycles. The zero-order chi connectivity index (χ0) is 12.6. The first-order valence-electron chi connectivity index (χ1n) is 6.07. The van der Waals surface area contributed by atoms with Gasteiger partial charge in [0.05, 0.1) is 11.3 Å². The highest BCUT2D eigenvalue weighted by Gasteiger charge is 2.34. The Morgan fingerprint density at radius 1 is 1.53 bits per heavy atom. The molecule has 1 saturated carbocycles. The Morgan fingerprint density at radius 3 is 2.59 bits per heavy atom. The van der Waals surface area contributed by atoms with Gasteiger partial charge in [-0.05, 0) is 32.6 Å². The molecule has 0 bridgehead atoms. The van der Waals surface area contributed by atoms with E-state index < -0.39 is 5.60 Å². The third kappa shape index (κ3) is 2.64.